The number of nitrogens with zero attached hydrogens (tertiary/aromatic N) is 5. The molecule has 1 aromatic carbocycles. The van der Waals surface area contributed by atoms with E-state index >= 15 is 0 Å². The lowest BCUT2D eigenvalue weighted by Gasteiger charge is -2.22. The summed E-state index contributed by atoms with van der Waals surface area (Å²) >= 11 is 12.6. The Bertz CT molecular complexity index is 912. The lowest BCUT2D eigenvalue weighted by atomic mass is 10.0. The van der Waals surface area contributed by atoms with E-state index < -0.39 is 0 Å². The Balaban J connectivity index is 1.37. The molecule has 0 saturated carbocycles. The topological polar surface area (TPSA) is 61.7 Å². The fraction of sp³-hybridized carbons (Fsp3) is 0.450. The maximum absolute atomic E-state index is 12.8. The van der Waals surface area contributed by atoms with Crippen LogP contribution in [0.3, 0.4) is 0 Å². The van der Waals surface area contributed by atoms with Crippen molar-refractivity contribution in [1.82, 2.24) is 19.6 Å². The number of halogens is 2. The van der Waals surface area contributed by atoms with Crippen molar-refractivity contribution in [2.45, 2.75) is 13.5 Å². The van der Waals surface area contributed by atoms with Crippen molar-refractivity contribution >= 4 is 40.8 Å². The van der Waals surface area contributed by atoms with Crippen LogP contribution in [-0.2, 0) is 11.3 Å². The average Bonchev–Trinajstić information content (AvgIpc) is 3.38. The highest BCUT2D eigenvalue weighted by Crippen LogP contribution is 2.34. The van der Waals surface area contributed by atoms with E-state index in [1.54, 1.807) is 13.2 Å². The quantitative estimate of drug-likeness (QED) is 0.742. The van der Waals surface area contributed by atoms with E-state index in [4.69, 9.17) is 23.2 Å². The highest BCUT2D eigenvalue weighted by molar-refractivity contribution is 6.35. The second-order valence-corrected chi connectivity index (χ2v) is 8.64. The molecular formula is C20H23Cl2N5O2. The van der Waals surface area contributed by atoms with Crippen LogP contribution in [0.5, 0.6) is 0 Å². The van der Waals surface area contributed by atoms with Crippen molar-refractivity contribution in [2.24, 2.45) is 11.8 Å². The zero-order valence-electron chi connectivity index (χ0n) is 16.4. The fourth-order valence-electron chi connectivity index (χ4n) is 4.20. The summed E-state index contributed by atoms with van der Waals surface area (Å²) in [6, 6.07) is 5.43. The van der Waals surface area contributed by atoms with E-state index in [0.29, 0.717) is 40.7 Å². The van der Waals surface area contributed by atoms with Crippen LogP contribution >= 0.6 is 23.2 Å². The molecule has 154 valence electrons. The molecular weight excluding hydrogens is 413 g/mol. The van der Waals surface area contributed by atoms with Crippen LogP contribution < -0.4 is 4.90 Å². The van der Waals surface area contributed by atoms with Crippen molar-refractivity contribution in [3.8, 4) is 0 Å². The molecule has 2 aromatic rings. The highest BCUT2D eigenvalue weighted by Gasteiger charge is 2.42. The van der Waals surface area contributed by atoms with Crippen molar-refractivity contribution in [3.63, 3.8) is 0 Å². The molecule has 0 spiro atoms. The molecule has 0 N–H and O–H groups in total. The standard InChI is InChI=1S/C20H23Cl2N5O2/c1-13(28)24(2)16-6-23-27(11-16)20(29)26-9-14-7-25(8-15(14)10-26)12-17-18(21)4-3-5-19(17)22/h3-6,11,14-15H,7-10,12H2,1-2H3. The Morgan fingerprint density at radius 2 is 1.76 bits per heavy atom. The predicted molar refractivity (Wildman–Crippen MR) is 112 cm³/mol. The van der Waals surface area contributed by atoms with Gasteiger partial charge < -0.3 is 9.80 Å². The van der Waals surface area contributed by atoms with Gasteiger partial charge in [-0.3, -0.25) is 9.69 Å². The summed E-state index contributed by atoms with van der Waals surface area (Å²) in [7, 11) is 1.66. The Kier molecular flexibility index (Phi) is 5.55. The third-order valence-electron chi connectivity index (χ3n) is 5.90. The summed E-state index contributed by atoms with van der Waals surface area (Å²) < 4.78 is 1.32. The lowest BCUT2D eigenvalue weighted by Crippen LogP contribution is -2.36. The molecule has 7 nitrogen and oxygen atoms in total. The van der Waals surface area contributed by atoms with Crippen LogP contribution in [-0.4, -0.2) is 64.7 Å². The van der Waals surface area contributed by atoms with Gasteiger partial charge in [0.1, 0.15) is 0 Å². The van der Waals surface area contributed by atoms with Gasteiger partial charge in [-0.2, -0.15) is 9.78 Å². The van der Waals surface area contributed by atoms with E-state index in [-0.39, 0.29) is 11.9 Å². The van der Waals surface area contributed by atoms with E-state index in [2.05, 4.69) is 10.00 Å². The van der Waals surface area contributed by atoms with Crippen molar-refractivity contribution in [1.29, 1.82) is 0 Å². The Morgan fingerprint density at radius 3 is 2.34 bits per heavy atom. The molecule has 2 aliphatic rings. The molecule has 4 rings (SSSR count). The minimum atomic E-state index is -0.150. The van der Waals surface area contributed by atoms with Crippen LogP contribution in [0.1, 0.15) is 12.5 Å². The van der Waals surface area contributed by atoms with E-state index in [9.17, 15) is 9.59 Å². The first-order valence-electron chi connectivity index (χ1n) is 9.57. The first-order valence-corrected chi connectivity index (χ1v) is 10.3. The van der Waals surface area contributed by atoms with Gasteiger partial charge in [-0.05, 0) is 24.0 Å². The number of carbonyl (C=O) groups excluding carboxylic acids is 2. The van der Waals surface area contributed by atoms with Crippen molar-refractivity contribution in [3.05, 3.63) is 46.2 Å². The summed E-state index contributed by atoms with van der Waals surface area (Å²) in [5.74, 6) is 0.747. The van der Waals surface area contributed by atoms with Gasteiger partial charge in [-0.1, -0.05) is 29.3 Å². The van der Waals surface area contributed by atoms with Gasteiger partial charge in [0, 0.05) is 62.3 Å². The monoisotopic (exact) mass is 435 g/mol. The van der Waals surface area contributed by atoms with Gasteiger partial charge in [-0.25, -0.2) is 4.79 Å². The number of hydrogen-bond acceptors (Lipinski definition) is 4. The molecule has 29 heavy (non-hydrogen) atoms. The van der Waals surface area contributed by atoms with E-state index in [1.807, 2.05) is 23.1 Å². The molecule has 9 heteroatoms. The van der Waals surface area contributed by atoms with Gasteiger partial charge in [0.25, 0.3) is 0 Å². The average molecular weight is 436 g/mol. The van der Waals surface area contributed by atoms with Gasteiger partial charge in [-0.15, -0.1) is 0 Å². The van der Waals surface area contributed by atoms with Gasteiger partial charge in [0.05, 0.1) is 18.1 Å². The number of fused-ring (bicyclic) bond motifs is 1. The molecule has 2 atom stereocenters. The first kappa shape index (κ1) is 20.2. The summed E-state index contributed by atoms with van der Waals surface area (Å²) in [5.41, 5.74) is 1.57. The number of carbonyl (C=O) groups is 2. The third kappa shape index (κ3) is 3.99. The smallest absolute Gasteiger partial charge is 0.322 e. The number of anilines is 1. The molecule has 0 aliphatic carbocycles. The molecule has 0 radical (unpaired) electrons. The zero-order chi connectivity index (χ0) is 20.7. The number of benzene rings is 1. The Hall–Kier alpha value is -2.09. The number of amides is 2. The molecule has 0 bridgehead atoms. The maximum Gasteiger partial charge on any atom is 0.344 e. The van der Waals surface area contributed by atoms with Crippen LogP contribution in [0.15, 0.2) is 30.6 Å². The maximum atomic E-state index is 12.8. The van der Waals surface area contributed by atoms with Crippen LogP contribution in [0, 0.1) is 11.8 Å². The molecule has 2 fully saturated rings. The number of rotatable bonds is 3. The predicted octanol–water partition coefficient (Wildman–Crippen LogP) is 3.20. The third-order valence-corrected chi connectivity index (χ3v) is 6.61. The SMILES string of the molecule is CC(=O)N(C)c1cnn(C(=O)N2CC3CN(Cc4c(Cl)cccc4Cl)CC3C2)c1. The van der Waals surface area contributed by atoms with Gasteiger partial charge in [0.15, 0.2) is 0 Å². The molecule has 3 heterocycles. The fourth-order valence-corrected chi connectivity index (χ4v) is 4.72. The van der Waals surface area contributed by atoms with Crippen molar-refractivity contribution in [2.75, 3.05) is 38.1 Å². The second-order valence-electron chi connectivity index (χ2n) is 7.82. The number of likely N-dealkylation sites (tertiary alicyclic amines) is 2. The summed E-state index contributed by atoms with van der Waals surface area (Å²) in [5, 5.41) is 5.52. The van der Waals surface area contributed by atoms with Gasteiger partial charge in [0.2, 0.25) is 5.91 Å². The van der Waals surface area contributed by atoms with Crippen LogP contribution in [0.4, 0.5) is 10.5 Å². The normalized spacial score (nSPS) is 21.4. The molecule has 2 saturated heterocycles. The molecule has 2 amide bonds. The zero-order valence-corrected chi connectivity index (χ0v) is 17.9. The van der Waals surface area contributed by atoms with E-state index in [1.165, 1.54) is 22.7 Å². The summed E-state index contributed by atoms with van der Waals surface area (Å²) in [4.78, 5) is 30.0. The largest absolute Gasteiger partial charge is 0.344 e. The van der Waals surface area contributed by atoms with Gasteiger partial charge >= 0.3 is 6.03 Å². The molecule has 2 aliphatic heterocycles. The molecule has 1 aromatic heterocycles. The second kappa shape index (κ2) is 7.97. The number of aromatic nitrogens is 2. The summed E-state index contributed by atoms with van der Waals surface area (Å²) in [6.45, 7) is 5.42. The highest BCUT2D eigenvalue weighted by atomic mass is 35.5. The summed E-state index contributed by atoms with van der Waals surface area (Å²) in [6.07, 6.45) is 3.13. The van der Waals surface area contributed by atoms with E-state index in [0.717, 1.165) is 25.2 Å². The van der Waals surface area contributed by atoms with Crippen LogP contribution in [0.25, 0.3) is 0 Å². The van der Waals surface area contributed by atoms with Crippen molar-refractivity contribution < 1.29 is 9.59 Å². The number of hydrogen-bond donors (Lipinski definition) is 0. The minimum absolute atomic E-state index is 0.105. The minimum Gasteiger partial charge on any atom is -0.322 e. The lowest BCUT2D eigenvalue weighted by molar-refractivity contribution is -0.116. The first-order chi connectivity index (χ1) is 13.8. The van der Waals surface area contributed by atoms with Crippen LogP contribution in [0.2, 0.25) is 10.0 Å². The Morgan fingerprint density at radius 1 is 1.14 bits per heavy atom. The Labute approximate surface area is 179 Å². The molecule has 2 unspecified atom stereocenters.